The van der Waals surface area contributed by atoms with Gasteiger partial charge >= 0.3 is 5.97 Å². The van der Waals surface area contributed by atoms with Crippen LogP contribution in [0.25, 0.3) is 0 Å². The second kappa shape index (κ2) is 9.22. The minimum atomic E-state index is -1.11. The second-order valence-corrected chi connectivity index (χ2v) is 9.68. The zero-order valence-electron chi connectivity index (χ0n) is 18.5. The van der Waals surface area contributed by atoms with Crippen LogP contribution in [0.2, 0.25) is 5.02 Å². The van der Waals surface area contributed by atoms with Crippen molar-refractivity contribution in [2.75, 3.05) is 11.9 Å². The van der Waals surface area contributed by atoms with Crippen LogP contribution < -0.4 is 5.32 Å². The van der Waals surface area contributed by atoms with Crippen LogP contribution in [0.4, 0.5) is 5.69 Å². The van der Waals surface area contributed by atoms with Crippen LogP contribution in [0, 0.1) is 23.7 Å². The molecule has 0 aromatic heterocycles. The van der Waals surface area contributed by atoms with E-state index in [1.165, 1.54) is 0 Å². The lowest BCUT2D eigenvalue weighted by atomic mass is 9.81. The lowest BCUT2D eigenvalue weighted by molar-refractivity contribution is -0.160. The largest absolute Gasteiger partial charge is 0.454 e. The van der Waals surface area contributed by atoms with Crippen molar-refractivity contribution in [1.29, 1.82) is 0 Å². The maximum atomic E-state index is 13.3. The molecule has 176 valence electrons. The number of halogens is 1. The number of imide groups is 1. The minimum Gasteiger partial charge on any atom is -0.454 e. The molecule has 7 nitrogen and oxygen atoms in total. The second-order valence-electron chi connectivity index (χ2n) is 9.27. The molecule has 3 aliphatic rings. The van der Waals surface area contributed by atoms with Crippen molar-refractivity contribution < 1.29 is 23.9 Å². The molecule has 1 aliphatic heterocycles. The third-order valence-electron chi connectivity index (χ3n) is 7.31. The van der Waals surface area contributed by atoms with Gasteiger partial charge in [-0.05, 0) is 48.8 Å². The quantitative estimate of drug-likeness (QED) is 0.484. The van der Waals surface area contributed by atoms with Crippen molar-refractivity contribution in [2.45, 2.75) is 31.7 Å². The van der Waals surface area contributed by atoms with E-state index in [9.17, 15) is 19.2 Å². The molecule has 2 bridgehead atoms. The number of ether oxygens (including phenoxy) is 1. The highest BCUT2D eigenvalue weighted by Gasteiger charge is 2.62. The maximum absolute atomic E-state index is 13.3. The van der Waals surface area contributed by atoms with Gasteiger partial charge in [0.1, 0.15) is 6.04 Å². The van der Waals surface area contributed by atoms with Gasteiger partial charge in [-0.25, -0.2) is 4.79 Å². The number of nitrogens with zero attached hydrogens (tertiary/aromatic N) is 1. The van der Waals surface area contributed by atoms with Gasteiger partial charge in [-0.15, -0.1) is 0 Å². The van der Waals surface area contributed by atoms with Gasteiger partial charge in [0, 0.05) is 6.42 Å². The van der Waals surface area contributed by atoms with Crippen LogP contribution in [-0.2, 0) is 30.3 Å². The number of carbonyl (C=O) groups excluding carboxylic acids is 4. The van der Waals surface area contributed by atoms with Gasteiger partial charge in [0.25, 0.3) is 5.91 Å². The number of esters is 1. The molecule has 2 aromatic carbocycles. The highest BCUT2D eigenvalue weighted by Crippen LogP contribution is 2.56. The maximum Gasteiger partial charge on any atom is 0.330 e. The number of benzene rings is 2. The average molecular weight is 481 g/mol. The van der Waals surface area contributed by atoms with E-state index >= 15 is 0 Å². The van der Waals surface area contributed by atoms with Crippen LogP contribution in [0.5, 0.6) is 0 Å². The molecule has 1 saturated heterocycles. The molecule has 5 rings (SSSR count). The van der Waals surface area contributed by atoms with Gasteiger partial charge < -0.3 is 10.1 Å². The Hall–Kier alpha value is -3.19. The van der Waals surface area contributed by atoms with Gasteiger partial charge in [-0.1, -0.05) is 54.1 Å². The summed E-state index contributed by atoms with van der Waals surface area (Å²) in [5.74, 6) is -2.12. The average Bonchev–Trinajstić information content (AvgIpc) is 3.52. The predicted molar refractivity (Wildman–Crippen MR) is 125 cm³/mol. The van der Waals surface area contributed by atoms with Crippen molar-refractivity contribution in [2.24, 2.45) is 23.7 Å². The molecule has 3 fully saturated rings. The van der Waals surface area contributed by atoms with Crippen molar-refractivity contribution in [1.82, 2.24) is 4.90 Å². The van der Waals surface area contributed by atoms with Gasteiger partial charge in [-0.3, -0.25) is 19.3 Å². The molecule has 0 unspecified atom stereocenters. The predicted octanol–water partition coefficient (Wildman–Crippen LogP) is 3.46. The topological polar surface area (TPSA) is 92.8 Å². The summed E-state index contributed by atoms with van der Waals surface area (Å²) in [5.41, 5.74) is 1.20. The Kier molecular flexibility index (Phi) is 6.13. The lowest BCUT2D eigenvalue weighted by Gasteiger charge is -2.26. The molecule has 0 spiro atoms. The fourth-order valence-electron chi connectivity index (χ4n) is 5.84. The van der Waals surface area contributed by atoms with Crippen LogP contribution in [-0.4, -0.2) is 41.2 Å². The Bertz CT molecular complexity index is 1110. The minimum absolute atomic E-state index is 0.137. The smallest absolute Gasteiger partial charge is 0.330 e. The van der Waals surface area contributed by atoms with Gasteiger partial charge in [0.2, 0.25) is 11.8 Å². The summed E-state index contributed by atoms with van der Waals surface area (Å²) in [6.45, 7) is -0.552. The molecule has 0 radical (unpaired) electrons. The third kappa shape index (κ3) is 4.09. The van der Waals surface area contributed by atoms with E-state index in [0.717, 1.165) is 29.7 Å². The summed E-state index contributed by atoms with van der Waals surface area (Å²) >= 11 is 6.06. The zero-order valence-corrected chi connectivity index (χ0v) is 19.2. The van der Waals surface area contributed by atoms with Crippen LogP contribution >= 0.6 is 11.6 Å². The van der Waals surface area contributed by atoms with Gasteiger partial charge in [0.15, 0.2) is 6.61 Å². The SMILES string of the molecule is O=C(COC(=O)[C@H](Cc1ccccc1)N1C(=O)[C@@H]2[C@H]3CC[C@@H](C3)[C@H]2C1=O)Nc1ccccc1Cl. The summed E-state index contributed by atoms with van der Waals surface area (Å²) in [7, 11) is 0. The Balaban J connectivity index is 1.32. The number of fused-ring (bicyclic) bond motifs is 5. The number of amides is 3. The van der Waals surface area contributed by atoms with Gasteiger partial charge in [0.05, 0.1) is 22.5 Å². The fraction of sp³-hybridized carbons (Fsp3) is 0.385. The highest BCUT2D eigenvalue weighted by atomic mass is 35.5. The van der Waals surface area contributed by atoms with E-state index < -0.39 is 24.5 Å². The first-order chi connectivity index (χ1) is 16.4. The van der Waals surface area contributed by atoms with Crippen molar-refractivity contribution >= 4 is 41.0 Å². The van der Waals surface area contributed by atoms with Crippen molar-refractivity contribution in [3.8, 4) is 0 Å². The zero-order chi connectivity index (χ0) is 23.8. The molecule has 2 aromatic rings. The highest BCUT2D eigenvalue weighted by molar-refractivity contribution is 6.33. The number of hydrogen-bond donors (Lipinski definition) is 1. The summed E-state index contributed by atoms with van der Waals surface area (Å²) in [5, 5.41) is 2.96. The molecule has 2 saturated carbocycles. The van der Waals surface area contributed by atoms with Crippen molar-refractivity contribution in [3.63, 3.8) is 0 Å². The molecule has 3 amide bonds. The van der Waals surface area contributed by atoms with E-state index in [1.54, 1.807) is 24.3 Å². The number of para-hydroxylation sites is 1. The summed E-state index contributed by atoms with van der Waals surface area (Å²) in [6.07, 6.45) is 2.96. The number of anilines is 1. The normalized spacial score (nSPS) is 25.9. The van der Waals surface area contributed by atoms with E-state index in [0.29, 0.717) is 10.7 Å². The van der Waals surface area contributed by atoms with Crippen LogP contribution in [0.1, 0.15) is 24.8 Å². The van der Waals surface area contributed by atoms with E-state index in [2.05, 4.69) is 5.32 Å². The first-order valence-corrected chi connectivity index (χ1v) is 11.9. The monoisotopic (exact) mass is 480 g/mol. The first kappa shape index (κ1) is 22.6. The van der Waals surface area contributed by atoms with Crippen LogP contribution in [0.3, 0.4) is 0 Å². The number of hydrogen-bond acceptors (Lipinski definition) is 5. The Morgan fingerprint density at radius 2 is 1.59 bits per heavy atom. The first-order valence-electron chi connectivity index (χ1n) is 11.6. The van der Waals surface area contributed by atoms with E-state index in [1.807, 2.05) is 30.3 Å². The summed E-state index contributed by atoms with van der Waals surface area (Å²) < 4.78 is 5.31. The molecule has 1 N–H and O–H groups in total. The molecule has 1 heterocycles. The van der Waals surface area contributed by atoms with E-state index in [4.69, 9.17) is 16.3 Å². The molecular formula is C26H25ClN2O5. The Morgan fingerprint density at radius 3 is 2.24 bits per heavy atom. The number of carbonyl (C=O) groups is 4. The molecular weight excluding hydrogens is 456 g/mol. The molecule has 34 heavy (non-hydrogen) atoms. The number of rotatable bonds is 7. The Labute approximate surface area is 202 Å². The molecule has 8 heteroatoms. The molecule has 2 aliphatic carbocycles. The van der Waals surface area contributed by atoms with Crippen molar-refractivity contribution in [3.05, 3.63) is 65.2 Å². The third-order valence-corrected chi connectivity index (χ3v) is 7.64. The summed E-state index contributed by atoms with van der Waals surface area (Å²) in [4.78, 5) is 53.3. The van der Waals surface area contributed by atoms with Crippen LogP contribution in [0.15, 0.2) is 54.6 Å². The number of nitrogens with one attached hydrogen (secondary N) is 1. The van der Waals surface area contributed by atoms with E-state index in [-0.39, 0.29) is 41.9 Å². The van der Waals surface area contributed by atoms with Gasteiger partial charge in [-0.2, -0.15) is 0 Å². The fourth-order valence-corrected chi connectivity index (χ4v) is 6.02. The Morgan fingerprint density at radius 1 is 0.971 bits per heavy atom. The lowest BCUT2D eigenvalue weighted by Crippen LogP contribution is -2.48. The standard InChI is InChI=1S/C26H25ClN2O5/c27-18-8-4-5-9-19(18)28-21(30)14-34-26(33)20(12-15-6-2-1-3-7-15)29-24(31)22-16-10-11-17(13-16)23(22)25(29)32/h1-9,16-17,20,22-23H,10-14H2,(H,28,30)/t16-,17-,20-,22+,23+/m0/s1. The summed E-state index contributed by atoms with van der Waals surface area (Å²) in [6, 6.07) is 14.8. The molecule has 5 atom stereocenters. The number of likely N-dealkylation sites (tertiary alicyclic amines) is 1.